The van der Waals surface area contributed by atoms with Crippen LogP contribution in [0.5, 0.6) is 5.75 Å². The van der Waals surface area contributed by atoms with Crippen molar-refractivity contribution in [2.24, 2.45) is 0 Å². The van der Waals surface area contributed by atoms with Gasteiger partial charge in [-0.2, -0.15) is 0 Å². The summed E-state index contributed by atoms with van der Waals surface area (Å²) in [5.74, 6) is 0.859. The van der Waals surface area contributed by atoms with Crippen molar-refractivity contribution < 1.29 is 4.74 Å². The summed E-state index contributed by atoms with van der Waals surface area (Å²) in [6, 6.07) is 14.4. The van der Waals surface area contributed by atoms with Gasteiger partial charge < -0.3 is 10.1 Å². The molecule has 0 radical (unpaired) electrons. The summed E-state index contributed by atoms with van der Waals surface area (Å²) in [6.45, 7) is 0. The van der Waals surface area contributed by atoms with Crippen molar-refractivity contribution in [3.63, 3.8) is 0 Å². The van der Waals surface area contributed by atoms with Gasteiger partial charge in [-0.25, -0.2) is 0 Å². The van der Waals surface area contributed by atoms with Crippen LogP contribution in [-0.2, 0) is 0 Å². The molecule has 2 aromatic carbocycles. The maximum atomic E-state index is 5.21. The van der Waals surface area contributed by atoms with Gasteiger partial charge in [0.15, 0.2) is 0 Å². The van der Waals surface area contributed by atoms with Crippen molar-refractivity contribution >= 4 is 11.0 Å². The predicted molar refractivity (Wildman–Crippen MR) is 83.4 cm³/mol. The summed E-state index contributed by atoms with van der Waals surface area (Å²) in [6.07, 6.45) is 3.43. The molecule has 0 fully saturated rings. The van der Waals surface area contributed by atoms with Gasteiger partial charge in [0.25, 0.3) is 0 Å². The third-order valence-corrected chi connectivity index (χ3v) is 3.56. The van der Waals surface area contributed by atoms with Crippen LogP contribution in [0, 0.1) is 0 Å². The van der Waals surface area contributed by atoms with E-state index >= 15 is 0 Å². The van der Waals surface area contributed by atoms with Crippen molar-refractivity contribution in [2.45, 2.75) is 6.04 Å². The van der Waals surface area contributed by atoms with Crippen molar-refractivity contribution in [1.29, 1.82) is 0 Å². The minimum atomic E-state index is 0.113. The SMILES string of the molecule is CNC(c1ccc(OC)cc1)c1ccc2nccnc2c1. The van der Waals surface area contributed by atoms with Crippen LogP contribution in [0.15, 0.2) is 54.9 Å². The molecule has 0 saturated carbocycles. The number of aromatic nitrogens is 2. The lowest BCUT2D eigenvalue weighted by Gasteiger charge is -2.18. The van der Waals surface area contributed by atoms with Crippen LogP contribution in [-0.4, -0.2) is 24.1 Å². The van der Waals surface area contributed by atoms with Gasteiger partial charge in [0.05, 0.1) is 24.2 Å². The van der Waals surface area contributed by atoms with E-state index in [9.17, 15) is 0 Å². The second-order valence-electron chi connectivity index (χ2n) is 4.80. The molecule has 106 valence electrons. The van der Waals surface area contributed by atoms with Crippen LogP contribution in [0.25, 0.3) is 11.0 Å². The molecule has 1 atom stereocenters. The Labute approximate surface area is 123 Å². The largest absolute Gasteiger partial charge is 0.497 e. The number of methoxy groups -OCH3 is 1. The number of hydrogen-bond donors (Lipinski definition) is 1. The highest BCUT2D eigenvalue weighted by atomic mass is 16.5. The zero-order chi connectivity index (χ0) is 14.7. The highest BCUT2D eigenvalue weighted by molar-refractivity contribution is 5.74. The summed E-state index contributed by atoms with van der Waals surface area (Å²) in [4.78, 5) is 8.67. The van der Waals surface area contributed by atoms with E-state index in [-0.39, 0.29) is 6.04 Å². The first kappa shape index (κ1) is 13.5. The summed E-state index contributed by atoms with van der Waals surface area (Å²) < 4.78 is 5.21. The fraction of sp³-hybridized carbons (Fsp3) is 0.176. The molecule has 21 heavy (non-hydrogen) atoms. The van der Waals surface area contributed by atoms with Crippen LogP contribution in [0.2, 0.25) is 0 Å². The first-order chi connectivity index (χ1) is 10.3. The van der Waals surface area contributed by atoms with Gasteiger partial charge in [-0.1, -0.05) is 18.2 Å². The van der Waals surface area contributed by atoms with E-state index in [0.717, 1.165) is 22.3 Å². The van der Waals surface area contributed by atoms with Crippen LogP contribution < -0.4 is 10.1 Å². The Hall–Kier alpha value is -2.46. The Kier molecular flexibility index (Phi) is 3.79. The number of hydrogen-bond acceptors (Lipinski definition) is 4. The molecule has 0 aliphatic carbocycles. The maximum absolute atomic E-state index is 5.21. The van der Waals surface area contributed by atoms with Gasteiger partial charge in [-0.05, 0) is 42.4 Å². The standard InChI is InChI=1S/C17H17N3O/c1-18-17(12-3-6-14(21-2)7-4-12)13-5-8-15-16(11-13)20-10-9-19-15/h3-11,17-18H,1-2H3. The first-order valence-electron chi connectivity index (χ1n) is 6.83. The molecule has 3 rings (SSSR count). The lowest BCUT2D eigenvalue weighted by molar-refractivity contribution is 0.414. The Bertz CT molecular complexity index is 740. The average molecular weight is 279 g/mol. The van der Waals surface area contributed by atoms with E-state index in [0.29, 0.717) is 0 Å². The molecule has 1 N–H and O–H groups in total. The molecule has 1 heterocycles. The molecular weight excluding hydrogens is 262 g/mol. The number of nitrogens with one attached hydrogen (secondary N) is 1. The minimum absolute atomic E-state index is 0.113. The molecule has 1 aromatic heterocycles. The number of rotatable bonds is 4. The van der Waals surface area contributed by atoms with E-state index < -0.39 is 0 Å². The zero-order valence-corrected chi connectivity index (χ0v) is 12.1. The third-order valence-electron chi connectivity index (χ3n) is 3.56. The molecule has 4 heteroatoms. The molecule has 1 unspecified atom stereocenters. The van der Waals surface area contributed by atoms with Crippen molar-refractivity contribution in [2.75, 3.05) is 14.2 Å². The lowest BCUT2D eigenvalue weighted by Crippen LogP contribution is -2.17. The van der Waals surface area contributed by atoms with Crippen molar-refractivity contribution in [3.8, 4) is 5.75 Å². The quantitative estimate of drug-likeness (QED) is 0.797. The van der Waals surface area contributed by atoms with E-state index in [2.05, 4.69) is 39.6 Å². The smallest absolute Gasteiger partial charge is 0.118 e. The first-order valence-corrected chi connectivity index (χ1v) is 6.83. The number of nitrogens with zero attached hydrogens (tertiary/aromatic N) is 2. The molecular formula is C17H17N3O. The van der Waals surface area contributed by atoms with Gasteiger partial charge in [0.1, 0.15) is 5.75 Å². The summed E-state index contributed by atoms with van der Waals surface area (Å²) in [5, 5.41) is 3.35. The maximum Gasteiger partial charge on any atom is 0.118 e. The van der Waals surface area contributed by atoms with Crippen LogP contribution in [0.3, 0.4) is 0 Å². The lowest BCUT2D eigenvalue weighted by atomic mass is 9.98. The topological polar surface area (TPSA) is 47.0 Å². The van der Waals surface area contributed by atoms with Crippen molar-refractivity contribution in [3.05, 3.63) is 66.0 Å². The predicted octanol–water partition coefficient (Wildman–Crippen LogP) is 2.95. The fourth-order valence-corrected chi connectivity index (χ4v) is 2.48. The molecule has 0 aliphatic rings. The Morgan fingerprint density at radius 2 is 1.57 bits per heavy atom. The van der Waals surface area contributed by atoms with Gasteiger partial charge >= 0.3 is 0 Å². The number of fused-ring (bicyclic) bond motifs is 1. The Balaban J connectivity index is 2.00. The zero-order valence-electron chi connectivity index (χ0n) is 12.1. The number of ether oxygens (including phenoxy) is 1. The van der Waals surface area contributed by atoms with Gasteiger partial charge in [-0.3, -0.25) is 9.97 Å². The summed E-state index contributed by atoms with van der Waals surface area (Å²) >= 11 is 0. The molecule has 0 saturated heterocycles. The highest BCUT2D eigenvalue weighted by Crippen LogP contribution is 2.25. The van der Waals surface area contributed by atoms with Crippen LogP contribution >= 0.6 is 0 Å². The summed E-state index contributed by atoms with van der Waals surface area (Å²) in [7, 11) is 3.63. The van der Waals surface area contributed by atoms with Crippen LogP contribution in [0.1, 0.15) is 17.2 Å². The molecule has 0 bridgehead atoms. The third kappa shape index (κ3) is 2.71. The van der Waals surface area contributed by atoms with Gasteiger partial charge in [-0.15, -0.1) is 0 Å². The average Bonchev–Trinajstić information content (AvgIpc) is 2.56. The van der Waals surface area contributed by atoms with Gasteiger partial charge in [0.2, 0.25) is 0 Å². The van der Waals surface area contributed by atoms with Gasteiger partial charge in [0, 0.05) is 12.4 Å². The van der Waals surface area contributed by atoms with E-state index in [1.807, 2.05) is 25.2 Å². The second kappa shape index (κ2) is 5.89. The van der Waals surface area contributed by atoms with Crippen LogP contribution in [0.4, 0.5) is 0 Å². The highest BCUT2D eigenvalue weighted by Gasteiger charge is 2.12. The van der Waals surface area contributed by atoms with E-state index in [1.165, 1.54) is 5.56 Å². The Morgan fingerprint density at radius 3 is 2.24 bits per heavy atom. The number of benzene rings is 2. The molecule has 4 nitrogen and oxygen atoms in total. The van der Waals surface area contributed by atoms with E-state index in [1.54, 1.807) is 19.5 Å². The van der Waals surface area contributed by atoms with E-state index in [4.69, 9.17) is 4.74 Å². The molecule has 0 aliphatic heterocycles. The molecule has 3 aromatic rings. The summed E-state index contributed by atoms with van der Waals surface area (Å²) in [5.41, 5.74) is 4.16. The Morgan fingerprint density at radius 1 is 0.905 bits per heavy atom. The minimum Gasteiger partial charge on any atom is -0.497 e. The fourth-order valence-electron chi connectivity index (χ4n) is 2.48. The second-order valence-corrected chi connectivity index (χ2v) is 4.80. The monoisotopic (exact) mass is 279 g/mol. The normalized spacial score (nSPS) is 12.3. The molecule has 0 amide bonds. The molecule has 0 spiro atoms. The van der Waals surface area contributed by atoms with Crippen molar-refractivity contribution in [1.82, 2.24) is 15.3 Å².